The molecule has 2 N–H and O–H groups in total. The molecule has 3 aromatic rings. The van der Waals surface area contributed by atoms with Crippen molar-refractivity contribution in [2.45, 2.75) is 26.8 Å². The normalized spacial score (nSPS) is 12.7. The van der Waals surface area contributed by atoms with E-state index in [0.717, 1.165) is 22.3 Å². The van der Waals surface area contributed by atoms with Crippen molar-refractivity contribution in [1.82, 2.24) is 5.43 Å². The van der Waals surface area contributed by atoms with Gasteiger partial charge in [0.2, 0.25) is 0 Å². The number of carbonyl (C=O) groups is 1. The summed E-state index contributed by atoms with van der Waals surface area (Å²) in [6.07, 6.45) is 0. The Morgan fingerprint density at radius 2 is 1.65 bits per heavy atom. The molecule has 0 bridgehead atoms. The number of amides is 1. The van der Waals surface area contributed by atoms with Gasteiger partial charge < -0.3 is 5.32 Å². The van der Waals surface area contributed by atoms with Gasteiger partial charge in [0.1, 0.15) is 6.04 Å². The topological polar surface area (TPSA) is 53.5 Å². The first kappa shape index (κ1) is 17.7. The Balaban J connectivity index is 1.65. The molecule has 0 heterocycles. The summed E-state index contributed by atoms with van der Waals surface area (Å²) < 4.78 is 0. The first-order valence-corrected chi connectivity index (χ1v) is 8.69. The molecule has 0 aliphatic heterocycles. The zero-order chi connectivity index (χ0) is 18.5. The molecule has 0 aliphatic rings. The van der Waals surface area contributed by atoms with Gasteiger partial charge in [0.05, 0.1) is 5.71 Å². The number of rotatable bonds is 5. The van der Waals surface area contributed by atoms with Crippen LogP contribution in [0.4, 0.5) is 5.69 Å². The molecule has 4 heteroatoms. The van der Waals surface area contributed by atoms with Crippen molar-refractivity contribution in [2.24, 2.45) is 5.10 Å². The Kier molecular flexibility index (Phi) is 5.32. The van der Waals surface area contributed by atoms with Crippen molar-refractivity contribution in [2.75, 3.05) is 5.32 Å². The van der Waals surface area contributed by atoms with Crippen molar-refractivity contribution in [3.8, 4) is 0 Å². The smallest absolute Gasteiger partial charge is 0.262 e. The predicted octanol–water partition coefficient (Wildman–Crippen LogP) is 4.49. The van der Waals surface area contributed by atoms with Crippen LogP contribution >= 0.6 is 0 Å². The monoisotopic (exact) mass is 345 g/mol. The van der Waals surface area contributed by atoms with Gasteiger partial charge in [0, 0.05) is 5.69 Å². The van der Waals surface area contributed by atoms with Crippen LogP contribution in [0.25, 0.3) is 10.8 Å². The molecule has 4 nitrogen and oxygen atoms in total. The zero-order valence-electron chi connectivity index (χ0n) is 15.3. The summed E-state index contributed by atoms with van der Waals surface area (Å²) in [5.41, 5.74) is 6.50. The molecule has 3 rings (SSSR count). The highest BCUT2D eigenvalue weighted by Crippen LogP contribution is 2.16. The highest BCUT2D eigenvalue weighted by molar-refractivity contribution is 6.02. The van der Waals surface area contributed by atoms with E-state index in [2.05, 4.69) is 40.1 Å². The lowest BCUT2D eigenvalue weighted by Gasteiger charge is -2.14. The van der Waals surface area contributed by atoms with E-state index in [1.807, 2.05) is 63.2 Å². The number of hydrogen-bond acceptors (Lipinski definition) is 3. The van der Waals surface area contributed by atoms with E-state index < -0.39 is 0 Å². The van der Waals surface area contributed by atoms with Crippen LogP contribution in [-0.2, 0) is 4.79 Å². The first-order chi connectivity index (χ1) is 12.5. The van der Waals surface area contributed by atoms with Gasteiger partial charge >= 0.3 is 0 Å². The van der Waals surface area contributed by atoms with Crippen LogP contribution in [0, 0.1) is 6.92 Å². The van der Waals surface area contributed by atoms with Crippen LogP contribution in [0.15, 0.2) is 71.8 Å². The van der Waals surface area contributed by atoms with E-state index in [-0.39, 0.29) is 11.9 Å². The summed E-state index contributed by atoms with van der Waals surface area (Å²) in [6.45, 7) is 5.74. The molecule has 1 atom stereocenters. The maximum absolute atomic E-state index is 12.3. The van der Waals surface area contributed by atoms with Crippen LogP contribution < -0.4 is 10.7 Å². The largest absolute Gasteiger partial charge is 0.374 e. The Bertz CT molecular complexity index is 945. The predicted molar refractivity (Wildman–Crippen MR) is 109 cm³/mol. The Labute approximate surface area is 153 Å². The minimum absolute atomic E-state index is 0.175. The van der Waals surface area contributed by atoms with Gasteiger partial charge in [-0.2, -0.15) is 5.10 Å². The van der Waals surface area contributed by atoms with Gasteiger partial charge in [-0.1, -0.05) is 54.1 Å². The SMILES string of the molecule is CC(=NNC(=O)C(C)Nc1ccc(C)cc1)c1ccc2ccccc2c1. The average Bonchev–Trinajstić information content (AvgIpc) is 2.67. The molecular weight excluding hydrogens is 322 g/mol. The molecular formula is C22H23N3O. The minimum Gasteiger partial charge on any atom is -0.374 e. The molecule has 0 fully saturated rings. The lowest BCUT2D eigenvalue weighted by Crippen LogP contribution is -2.35. The molecule has 0 saturated heterocycles. The van der Waals surface area contributed by atoms with Gasteiger partial charge in [0.25, 0.3) is 5.91 Å². The molecule has 0 aromatic heterocycles. The third-order valence-corrected chi connectivity index (χ3v) is 4.33. The quantitative estimate of drug-likeness (QED) is 0.529. The maximum Gasteiger partial charge on any atom is 0.262 e. The fraction of sp³-hybridized carbons (Fsp3) is 0.182. The van der Waals surface area contributed by atoms with Gasteiger partial charge in [-0.25, -0.2) is 5.43 Å². The highest BCUT2D eigenvalue weighted by Gasteiger charge is 2.12. The van der Waals surface area contributed by atoms with Gasteiger partial charge in [-0.3, -0.25) is 4.79 Å². The molecule has 0 aliphatic carbocycles. The Hall–Kier alpha value is -3.14. The summed E-state index contributed by atoms with van der Waals surface area (Å²) in [6, 6.07) is 21.9. The van der Waals surface area contributed by atoms with Crippen LogP contribution in [0.5, 0.6) is 0 Å². The summed E-state index contributed by atoms with van der Waals surface area (Å²) >= 11 is 0. The number of nitrogens with one attached hydrogen (secondary N) is 2. The number of fused-ring (bicyclic) bond motifs is 1. The van der Waals surface area contributed by atoms with Gasteiger partial charge in [0.15, 0.2) is 0 Å². The summed E-state index contributed by atoms with van der Waals surface area (Å²) in [5, 5.41) is 9.77. The number of benzene rings is 3. The van der Waals surface area contributed by atoms with E-state index in [1.54, 1.807) is 0 Å². The minimum atomic E-state index is -0.383. The molecule has 132 valence electrons. The number of nitrogens with zero attached hydrogens (tertiary/aromatic N) is 1. The number of hydrazone groups is 1. The average molecular weight is 345 g/mol. The maximum atomic E-state index is 12.3. The van der Waals surface area contributed by atoms with E-state index in [4.69, 9.17) is 0 Å². The van der Waals surface area contributed by atoms with Crippen molar-refractivity contribution < 1.29 is 4.79 Å². The van der Waals surface area contributed by atoms with Crippen molar-refractivity contribution >= 4 is 28.1 Å². The molecule has 3 aromatic carbocycles. The lowest BCUT2D eigenvalue weighted by molar-refractivity contribution is -0.121. The first-order valence-electron chi connectivity index (χ1n) is 8.69. The van der Waals surface area contributed by atoms with E-state index >= 15 is 0 Å². The lowest BCUT2D eigenvalue weighted by atomic mass is 10.0. The van der Waals surface area contributed by atoms with Crippen molar-refractivity contribution in [3.63, 3.8) is 0 Å². The van der Waals surface area contributed by atoms with E-state index in [9.17, 15) is 4.79 Å². The van der Waals surface area contributed by atoms with Crippen LogP contribution in [0.3, 0.4) is 0 Å². The summed E-state index contributed by atoms with van der Waals surface area (Å²) in [4.78, 5) is 12.3. The second kappa shape index (κ2) is 7.83. The Morgan fingerprint density at radius 3 is 2.38 bits per heavy atom. The summed E-state index contributed by atoms with van der Waals surface area (Å²) in [7, 11) is 0. The van der Waals surface area contributed by atoms with Crippen molar-refractivity contribution in [1.29, 1.82) is 0 Å². The van der Waals surface area contributed by atoms with Gasteiger partial charge in [-0.05, 0) is 55.3 Å². The third kappa shape index (κ3) is 4.28. The highest BCUT2D eigenvalue weighted by atomic mass is 16.2. The van der Waals surface area contributed by atoms with E-state index in [0.29, 0.717) is 0 Å². The van der Waals surface area contributed by atoms with Crippen LogP contribution in [0.1, 0.15) is 25.0 Å². The molecule has 0 saturated carbocycles. The fourth-order valence-corrected chi connectivity index (χ4v) is 2.68. The standard InChI is InChI=1S/C22H23N3O/c1-15-8-12-21(13-9-15)23-17(3)22(26)25-24-16(2)19-11-10-18-6-4-5-7-20(18)14-19/h4-14,17,23H,1-3H3,(H,25,26). The zero-order valence-corrected chi connectivity index (χ0v) is 15.3. The molecule has 26 heavy (non-hydrogen) atoms. The molecule has 1 unspecified atom stereocenters. The molecule has 0 spiro atoms. The van der Waals surface area contributed by atoms with Crippen molar-refractivity contribution in [3.05, 3.63) is 77.9 Å². The van der Waals surface area contributed by atoms with Crippen LogP contribution in [-0.4, -0.2) is 17.7 Å². The fourth-order valence-electron chi connectivity index (χ4n) is 2.68. The van der Waals surface area contributed by atoms with Crippen LogP contribution in [0.2, 0.25) is 0 Å². The van der Waals surface area contributed by atoms with Gasteiger partial charge in [-0.15, -0.1) is 0 Å². The number of carbonyl (C=O) groups excluding carboxylic acids is 1. The third-order valence-electron chi connectivity index (χ3n) is 4.33. The van der Waals surface area contributed by atoms with E-state index in [1.165, 1.54) is 10.9 Å². The number of anilines is 1. The Morgan fingerprint density at radius 1 is 0.962 bits per heavy atom. The molecule has 0 radical (unpaired) electrons. The second-order valence-corrected chi connectivity index (χ2v) is 6.47. The second-order valence-electron chi connectivity index (χ2n) is 6.47. The molecule has 1 amide bonds. The number of aryl methyl sites for hydroxylation is 1. The number of hydrogen-bond donors (Lipinski definition) is 2. The summed E-state index contributed by atoms with van der Waals surface area (Å²) in [5.74, 6) is -0.175.